The summed E-state index contributed by atoms with van der Waals surface area (Å²) in [6, 6.07) is 6.07. The number of aliphatic hydroxyl groups is 1. The lowest BCUT2D eigenvalue weighted by Crippen LogP contribution is -2.20. The number of aryl methyl sites for hydroxylation is 1. The highest BCUT2D eigenvalue weighted by Gasteiger charge is 2.17. The standard InChI is InChI=1S/C12H13BrO2/c13-10-4-6-12-9(8-10)3-5-11(15-12)2-1-7-14/h1-2,4,6,8,11,14H,3,5,7H2/b2-1+/t11-/m0/s1. The number of ether oxygens (including phenoxy) is 1. The first-order valence-corrected chi connectivity index (χ1v) is 5.81. The minimum atomic E-state index is 0.0764. The van der Waals surface area contributed by atoms with E-state index in [1.807, 2.05) is 18.2 Å². The first-order valence-electron chi connectivity index (χ1n) is 5.02. The summed E-state index contributed by atoms with van der Waals surface area (Å²) in [5.41, 5.74) is 1.25. The van der Waals surface area contributed by atoms with Crippen LogP contribution in [0.15, 0.2) is 34.8 Å². The summed E-state index contributed by atoms with van der Waals surface area (Å²) in [5, 5.41) is 8.68. The van der Waals surface area contributed by atoms with E-state index in [1.165, 1.54) is 5.56 Å². The molecule has 0 spiro atoms. The summed E-state index contributed by atoms with van der Waals surface area (Å²) in [6.45, 7) is 0.0764. The molecule has 1 N–H and O–H groups in total. The summed E-state index contributed by atoms with van der Waals surface area (Å²) < 4.78 is 6.86. The molecule has 15 heavy (non-hydrogen) atoms. The van der Waals surface area contributed by atoms with Gasteiger partial charge in [0.2, 0.25) is 0 Å². The van der Waals surface area contributed by atoms with Gasteiger partial charge in [0.05, 0.1) is 6.61 Å². The summed E-state index contributed by atoms with van der Waals surface area (Å²) in [5.74, 6) is 0.956. The molecular weight excluding hydrogens is 256 g/mol. The van der Waals surface area contributed by atoms with Crippen LogP contribution in [0.3, 0.4) is 0 Å². The zero-order chi connectivity index (χ0) is 10.7. The third-order valence-corrected chi connectivity index (χ3v) is 2.95. The topological polar surface area (TPSA) is 29.5 Å². The SMILES string of the molecule is OC/C=C/[C@H]1CCc2cc(Br)ccc2O1. The van der Waals surface area contributed by atoms with Crippen molar-refractivity contribution in [1.29, 1.82) is 0 Å². The molecule has 0 radical (unpaired) electrons. The fourth-order valence-electron chi connectivity index (χ4n) is 1.73. The van der Waals surface area contributed by atoms with Crippen molar-refractivity contribution in [3.63, 3.8) is 0 Å². The highest BCUT2D eigenvalue weighted by atomic mass is 79.9. The fraction of sp³-hybridized carbons (Fsp3) is 0.333. The molecule has 1 atom stereocenters. The van der Waals surface area contributed by atoms with Crippen LogP contribution in [0.25, 0.3) is 0 Å². The Hall–Kier alpha value is -0.800. The molecule has 0 aromatic heterocycles. The van der Waals surface area contributed by atoms with Crippen LogP contribution >= 0.6 is 15.9 Å². The van der Waals surface area contributed by atoms with Gasteiger partial charge in [-0.2, -0.15) is 0 Å². The molecule has 2 rings (SSSR count). The highest BCUT2D eigenvalue weighted by molar-refractivity contribution is 9.10. The second kappa shape index (κ2) is 4.81. The van der Waals surface area contributed by atoms with Crippen LogP contribution in [0.2, 0.25) is 0 Å². The van der Waals surface area contributed by atoms with E-state index < -0.39 is 0 Å². The predicted molar refractivity (Wildman–Crippen MR) is 63.1 cm³/mol. The van der Waals surface area contributed by atoms with Crippen molar-refractivity contribution >= 4 is 15.9 Å². The van der Waals surface area contributed by atoms with Crippen molar-refractivity contribution in [2.24, 2.45) is 0 Å². The van der Waals surface area contributed by atoms with Gasteiger partial charge in [0.1, 0.15) is 11.9 Å². The normalized spacial score (nSPS) is 20.0. The van der Waals surface area contributed by atoms with E-state index in [1.54, 1.807) is 6.08 Å². The lowest BCUT2D eigenvalue weighted by molar-refractivity contribution is 0.217. The van der Waals surface area contributed by atoms with Crippen molar-refractivity contribution in [2.45, 2.75) is 18.9 Å². The van der Waals surface area contributed by atoms with Gasteiger partial charge in [0.25, 0.3) is 0 Å². The van der Waals surface area contributed by atoms with E-state index in [0.717, 1.165) is 23.1 Å². The zero-order valence-corrected chi connectivity index (χ0v) is 9.90. The second-order valence-electron chi connectivity index (χ2n) is 3.56. The Kier molecular flexibility index (Phi) is 3.44. The highest BCUT2D eigenvalue weighted by Crippen LogP contribution is 2.30. The number of hydrogen-bond donors (Lipinski definition) is 1. The third kappa shape index (κ3) is 2.61. The summed E-state index contributed by atoms with van der Waals surface area (Å²) in [6.07, 6.45) is 5.75. The maximum atomic E-state index is 8.68. The Balaban J connectivity index is 2.13. The molecule has 0 unspecified atom stereocenters. The van der Waals surface area contributed by atoms with Crippen LogP contribution < -0.4 is 4.74 Å². The van der Waals surface area contributed by atoms with Gasteiger partial charge in [0, 0.05) is 4.47 Å². The van der Waals surface area contributed by atoms with Crippen LogP contribution in [-0.4, -0.2) is 17.8 Å². The molecule has 1 aliphatic rings. The first kappa shape index (κ1) is 10.7. The second-order valence-corrected chi connectivity index (χ2v) is 4.47. The van der Waals surface area contributed by atoms with Crippen molar-refractivity contribution in [2.75, 3.05) is 6.61 Å². The van der Waals surface area contributed by atoms with Crippen molar-refractivity contribution in [3.8, 4) is 5.75 Å². The van der Waals surface area contributed by atoms with Gasteiger partial charge < -0.3 is 9.84 Å². The summed E-state index contributed by atoms with van der Waals surface area (Å²) >= 11 is 3.44. The number of rotatable bonds is 2. The smallest absolute Gasteiger partial charge is 0.123 e. The van der Waals surface area contributed by atoms with Crippen LogP contribution in [0.1, 0.15) is 12.0 Å². The molecule has 3 heteroatoms. The fourth-order valence-corrected chi connectivity index (χ4v) is 2.13. The van der Waals surface area contributed by atoms with Crippen LogP contribution in [0, 0.1) is 0 Å². The van der Waals surface area contributed by atoms with E-state index in [-0.39, 0.29) is 12.7 Å². The Morgan fingerprint density at radius 1 is 1.53 bits per heavy atom. The van der Waals surface area contributed by atoms with E-state index in [4.69, 9.17) is 9.84 Å². The van der Waals surface area contributed by atoms with E-state index in [0.29, 0.717) is 0 Å². The van der Waals surface area contributed by atoms with Crippen LogP contribution in [0.5, 0.6) is 5.75 Å². The van der Waals surface area contributed by atoms with Gasteiger partial charge in [0.15, 0.2) is 0 Å². The molecule has 0 saturated carbocycles. The van der Waals surface area contributed by atoms with E-state index in [2.05, 4.69) is 22.0 Å². The molecule has 0 saturated heterocycles. The largest absolute Gasteiger partial charge is 0.486 e. The average Bonchev–Trinajstić information content (AvgIpc) is 2.26. The Morgan fingerprint density at radius 2 is 2.40 bits per heavy atom. The lowest BCUT2D eigenvalue weighted by atomic mass is 10.0. The molecular formula is C12H13BrO2. The minimum absolute atomic E-state index is 0.0764. The average molecular weight is 269 g/mol. The first-order chi connectivity index (χ1) is 7.29. The molecule has 0 aliphatic carbocycles. The van der Waals surface area contributed by atoms with Gasteiger partial charge in [-0.05, 0) is 42.7 Å². The number of benzene rings is 1. The van der Waals surface area contributed by atoms with E-state index >= 15 is 0 Å². The molecule has 1 heterocycles. The molecule has 1 aromatic carbocycles. The number of aliphatic hydroxyl groups excluding tert-OH is 1. The third-order valence-electron chi connectivity index (χ3n) is 2.46. The van der Waals surface area contributed by atoms with Crippen molar-refractivity contribution in [3.05, 3.63) is 40.4 Å². The Labute approximate surface area is 97.7 Å². The molecule has 0 bridgehead atoms. The Morgan fingerprint density at radius 3 is 3.20 bits per heavy atom. The molecule has 1 aliphatic heterocycles. The Bertz CT molecular complexity index is 374. The number of halogens is 1. The number of hydrogen-bond acceptors (Lipinski definition) is 2. The minimum Gasteiger partial charge on any atom is -0.486 e. The summed E-state index contributed by atoms with van der Waals surface area (Å²) in [7, 11) is 0. The number of fused-ring (bicyclic) bond motifs is 1. The predicted octanol–water partition coefficient (Wildman–Crippen LogP) is 2.69. The van der Waals surface area contributed by atoms with Gasteiger partial charge in [-0.25, -0.2) is 0 Å². The lowest BCUT2D eigenvalue weighted by Gasteiger charge is -2.24. The molecule has 80 valence electrons. The monoisotopic (exact) mass is 268 g/mol. The van der Waals surface area contributed by atoms with Gasteiger partial charge >= 0.3 is 0 Å². The molecule has 0 amide bonds. The molecule has 1 aromatic rings. The molecule has 2 nitrogen and oxygen atoms in total. The maximum Gasteiger partial charge on any atom is 0.123 e. The van der Waals surface area contributed by atoms with Crippen molar-refractivity contribution in [1.82, 2.24) is 0 Å². The van der Waals surface area contributed by atoms with E-state index in [9.17, 15) is 0 Å². The van der Waals surface area contributed by atoms with Crippen LogP contribution in [0.4, 0.5) is 0 Å². The molecule has 0 fully saturated rings. The quantitative estimate of drug-likeness (QED) is 0.836. The van der Waals surface area contributed by atoms with Gasteiger partial charge in [-0.15, -0.1) is 0 Å². The van der Waals surface area contributed by atoms with Crippen molar-refractivity contribution < 1.29 is 9.84 Å². The summed E-state index contributed by atoms with van der Waals surface area (Å²) in [4.78, 5) is 0. The van der Waals surface area contributed by atoms with Gasteiger partial charge in [-0.1, -0.05) is 22.0 Å². The van der Waals surface area contributed by atoms with Crippen LogP contribution in [-0.2, 0) is 6.42 Å². The zero-order valence-electron chi connectivity index (χ0n) is 8.32. The maximum absolute atomic E-state index is 8.68. The van der Waals surface area contributed by atoms with Gasteiger partial charge in [-0.3, -0.25) is 0 Å².